The molecule has 0 atom stereocenters. The summed E-state index contributed by atoms with van der Waals surface area (Å²) >= 11 is 3.45. The first kappa shape index (κ1) is 13.8. The second-order valence-corrected chi connectivity index (χ2v) is 5.14. The van der Waals surface area contributed by atoms with Crippen molar-refractivity contribution in [1.82, 2.24) is 5.16 Å². The molecule has 1 aromatic rings. The van der Waals surface area contributed by atoms with Crippen molar-refractivity contribution in [3.8, 4) is 0 Å². The van der Waals surface area contributed by atoms with Crippen molar-refractivity contribution in [3.05, 3.63) is 17.5 Å². The number of alkyl halides is 1. The highest BCUT2D eigenvalue weighted by Crippen LogP contribution is 2.11. The van der Waals surface area contributed by atoms with Gasteiger partial charge in [0.05, 0.1) is 5.69 Å². The molecule has 1 rings (SSSR count). The van der Waals surface area contributed by atoms with Crippen LogP contribution in [0.2, 0.25) is 0 Å². The molecule has 1 aromatic heterocycles. The minimum atomic E-state index is 0.991. The smallest absolute Gasteiger partial charge is 0.136 e. The maximum atomic E-state index is 5.17. The molecule has 0 saturated carbocycles. The van der Waals surface area contributed by atoms with Crippen LogP contribution < -0.4 is 0 Å². The van der Waals surface area contributed by atoms with Crippen molar-refractivity contribution in [2.75, 3.05) is 5.33 Å². The van der Waals surface area contributed by atoms with Crippen molar-refractivity contribution in [3.63, 3.8) is 0 Å². The van der Waals surface area contributed by atoms with Crippen LogP contribution >= 0.6 is 15.9 Å². The Balaban J connectivity index is 1.88. The molecule has 0 bridgehead atoms. The number of aryl methyl sites for hydroxylation is 2. The van der Waals surface area contributed by atoms with E-state index in [-0.39, 0.29) is 0 Å². The molecule has 0 amide bonds. The number of rotatable bonds is 9. The Hall–Kier alpha value is -0.310. The minimum Gasteiger partial charge on any atom is -0.361 e. The zero-order valence-corrected chi connectivity index (χ0v) is 11.8. The van der Waals surface area contributed by atoms with E-state index >= 15 is 0 Å². The average molecular weight is 288 g/mol. The van der Waals surface area contributed by atoms with E-state index in [0.29, 0.717) is 0 Å². The van der Waals surface area contributed by atoms with Gasteiger partial charge < -0.3 is 4.52 Å². The van der Waals surface area contributed by atoms with Crippen LogP contribution in [-0.2, 0) is 6.42 Å². The molecule has 0 N–H and O–H groups in total. The Morgan fingerprint density at radius 2 is 1.69 bits per heavy atom. The first-order valence-corrected chi connectivity index (χ1v) is 7.43. The van der Waals surface area contributed by atoms with Gasteiger partial charge in [0.15, 0.2) is 0 Å². The van der Waals surface area contributed by atoms with Crippen LogP contribution in [0.5, 0.6) is 0 Å². The number of unbranched alkanes of at least 4 members (excludes halogenated alkanes) is 6. The summed E-state index contributed by atoms with van der Waals surface area (Å²) in [4.78, 5) is 0. The van der Waals surface area contributed by atoms with Gasteiger partial charge in [0.25, 0.3) is 0 Å². The van der Waals surface area contributed by atoms with E-state index in [1.165, 1.54) is 44.9 Å². The number of halogens is 1. The van der Waals surface area contributed by atoms with E-state index in [4.69, 9.17) is 4.52 Å². The average Bonchev–Trinajstić information content (AvgIpc) is 2.68. The molecule has 0 unspecified atom stereocenters. The van der Waals surface area contributed by atoms with E-state index in [1.54, 1.807) is 0 Å². The van der Waals surface area contributed by atoms with Crippen LogP contribution in [0.4, 0.5) is 0 Å². The highest BCUT2D eigenvalue weighted by Gasteiger charge is 1.99. The first-order valence-electron chi connectivity index (χ1n) is 6.31. The Morgan fingerprint density at radius 3 is 2.25 bits per heavy atom. The molecule has 0 aliphatic rings. The quantitative estimate of drug-likeness (QED) is 0.488. The Bertz CT molecular complexity index is 273. The molecule has 3 heteroatoms. The fourth-order valence-corrected chi connectivity index (χ4v) is 2.21. The molecule has 0 aromatic carbocycles. The van der Waals surface area contributed by atoms with E-state index in [2.05, 4.69) is 21.1 Å². The van der Waals surface area contributed by atoms with Crippen molar-refractivity contribution in [1.29, 1.82) is 0 Å². The number of hydrogen-bond acceptors (Lipinski definition) is 2. The van der Waals surface area contributed by atoms with Crippen LogP contribution in [0, 0.1) is 6.92 Å². The van der Waals surface area contributed by atoms with E-state index < -0.39 is 0 Å². The predicted molar refractivity (Wildman–Crippen MR) is 71.1 cm³/mol. The molecule has 0 spiro atoms. The van der Waals surface area contributed by atoms with Crippen molar-refractivity contribution in [2.24, 2.45) is 0 Å². The van der Waals surface area contributed by atoms with E-state index in [0.717, 1.165) is 23.2 Å². The van der Waals surface area contributed by atoms with Crippen LogP contribution in [0.1, 0.15) is 56.4 Å². The molecule has 0 aliphatic heterocycles. The molecule has 0 radical (unpaired) electrons. The topological polar surface area (TPSA) is 26.0 Å². The maximum absolute atomic E-state index is 5.17. The monoisotopic (exact) mass is 287 g/mol. The molecule has 0 aliphatic carbocycles. The third kappa shape index (κ3) is 6.31. The van der Waals surface area contributed by atoms with E-state index in [9.17, 15) is 0 Å². The number of nitrogens with zero attached hydrogens (tertiary/aromatic N) is 1. The van der Waals surface area contributed by atoms with Gasteiger partial charge in [-0.15, -0.1) is 0 Å². The summed E-state index contributed by atoms with van der Waals surface area (Å²) in [6.07, 6.45) is 10.4. The molecule has 16 heavy (non-hydrogen) atoms. The summed E-state index contributed by atoms with van der Waals surface area (Å²) in [7, 11) is 0. The van der Waals surface area contributed by atoms with Crippen LogP contribution in [-0.4, -0.2) is 10.5 Å². The fourth-order valence-electron chi connectivity index (χ4n) is 1.81. The van der Waals surface area contributed by atoms with E-state index in [1.807, 2.05) is 13.0 Å². The van der Waals surface area contributed by atoms with Crippen molar-refractivity contribution >= 4 is 15.9 Å². The lowest BCUT2D eigenvalue weighted by Gasteiger charge is -1.99. The van der Waals surface area contributed by atoms with Gasteiger partial charge in [-0.1, -0.05) is 53.2 Å². The standard InChI is InChI=1S/C13H22BrNO/c1-12-11-13(16-15-12)9-7-5-3-2-4-6-8-10-14/h11H,2-10H2,1H3. The molecule has 0 saturated heterocycles. The van der Waals surface area contributed by atoms with Gasteiger partial charge in [0.2, 0.25) is 0 Å². The first-order chi connectivity index (χ1) is 7.83. The van der Waals surface area contributed by atoms with Gasteiger partial charge in [0.1, 0.15) is 5.76 Å². The second kappa shape index (κ2) is 8.80. The van der Waals surface area contributed by atoms with Gasteiger partial charge >= 0.3 is 0 Å². The third-order valence-electron chi connectivity index (χ3n) is 2.73. The normalized spacial score (nSPS) is 10.9. The molecule has 2 nitrogen and oxygen atoms in total. The molecule has 0 fully saturated rings. The zero-order chi connectivity index (χ0) is 11.6. The Labute approximate surface area is 107 Å². The lowest BCUT2D eigenvalue weighted by Crippen LogP contribution is -1.84. The van der Waals surface area contributed by atoms with Gasteiger partial charge in [-0.3, -0.25) is 0 Å². The number of hydrogen-bond donors (Lipinski definition) is 0. The zero-order valence-electron chi connectivity index (χ0n) is 10.2. The van der Waals surface area contributed by atoms with Crippen LogP contribution in [0.25, 0.3) is 0 Å². The largest absolute Gasteiger partial charge is 0.361 e. The highest BCUT2D eigenvalue weighted by atomic mass is 79.9. The highest BCUT2D eigenvalue weighted by molar-refractivity contribution is 9.09. The minimum absolute atomic E-state index is 0.991. The summed E-state index contributed by atoms with van der Waals surface area (Å²) in [6, 6.07) is 2.04. The van der Waals surface area contributed by atoms with Crippen molar-refractivity contribution in [2.45, 2.75) is 58.3 Å². The molecule has 1 heterocycles. The number of aromatic nitrogens is 1. The summed E-state index contributed by atoms with van der Waals surface area (Å²) < 4.78 is 5.17. The van der Waals surface area contributed by atoms with Crippen LogP contribution in [0.15, 0.2) is 10.6 Å². The van der Waals surface area contributed by atoms with Gasteiger partial charge in [-0.25, -0.2) is 0 Å². The maximum Gasteiger partial charge on any atom is 0.136 e. The summed E-state index contributed by atoms with van der Waals surface area (Å²) in [6.45, 7) is 1.97. The molecule has 92 valence electrons. The fraction of sp³-hybridized carbons (Fsp3) is 0.769. The van der Waals surface area contributed by atoms with Gasteiger partial charge in [0, 0.05) is 17.8 Å². The Morgan fingerprint density at radius 1 is 1.06 bits per heavy atom. The molecular formula is C13H22BrNO. The Kier molecular flexibility index (Phi) is 7.56. The third-order valence-corrected chi connectivity index (χ3v) is 3.29. The van der Waals surface area contributed by atoms with Gasteiger partial charge in [-0.05, 0) is 19.8 Å². The lowest BCUT2D eigenvalue weighted by molar-refractivity contribution is 0.375. The lowest BCUT2D eigenvalue weighted by atomic mass is 10.1. The SMILES string of the molecule is Cc1cc(CCCCCCCCCBr)on1. The second-order valence-electron chi connectivity index (χ2n) is 4.35. The molecular weight excluding hydrogens is 266 g/mol. The summed E-state index contributed by atoms with van der Waals surface area (Å²) in [5.74, 6) is 1.04. The summed E-state index contributed by atoms with van der Waals surface area (Å²) in [5.41, 5.74) is 0.991. The van der Waals surface area contributed by atoms with Crippen molar-refractivity contribution < 1.29 is 4.52 Å². The summed E-state index contributed by atoms with van der Waals surface area (Å²) in [5, 5.41) is 5.04. The van der Waals surface area contributed by atoms with Gasteiger partial charge in [-0.2, -0.15) is 0 Å². The van der Waals surface area contributed by atoms with Crippen LogP contribution in [0.3, 0.4) is 0 Å². The predicted octanol–water partition coefficient (Wildman–Crippen LogP) is 4.65.